The van der Waals surface area contributed by atoms with E-state index < -0.39 is 5.26 Å². The van der Waals surface area contributed by atoms with Crippen LogP contribution in [0.4, 0.5) is 4.39 Å². The summed E-state index contributed by atoms with van der Waals surface area (Å²) in [6.07, 6.45) is 0.551. The molecule has 4 heteroatoms. The third-order valence-electron chi connectivity index (χ3n) is 0.918. The maximum absolute atomic E-state index is 12.1. The van der Waals surface area contributed by atoms with Crippen molar-refractivity contribution in [3.8, 4) is 0 Å². The Morgan fingerprint density at radius 3 is 2.67 bits per heavy atom. The third kappa shape index (κ3) is 1.13. The van der Waals surface area contributed by atoms with Crippen LogP contribution in [0.1, 0.15) is 15.4 Å². The van der Waals surface area contributed by atoms with E-state index in [9.17, 15) is 9.18 Å². The topological polar surface area (TPSA) is 30.0 Å². The number of halogens is 1. The van der Waals surface area contributed by atoms with Gasteiger partial charge in [-0.25, -0.2) is 4.98 Å². The lowest BCUT2D eigenvalue weighted by Gasteiger charge is -1.76. The molecule has 0 unspecified atom stereocenters. The molecule has 0 saturated heterocycles. The van der Waals surface area contributed by atoms with E-state index in [1.165, 1.54) is 0 Å². The Labute approximate surface area is 55.3 Å². The van der Waals surface area contributed by atoms with Gasteiger partial charge in [0.25, 0.3) is 5.26 Å². The first kappa shape index (κ1) is 6.35. The highest BCUT2D eigenvalue weighted by molar-refractivity contribution is 7.10. The standard InChI is InChI=1S/C5H4FNOS/c1-3-4(2-8)7-5(6)9-3/h2H,1H3. The molecule has 1 heterocycles. The second-order valence-corrected chi connectivity index (χ2v) is 2.68. The van der Waals surface area contributed by atoms with E-state index in [2.05, 4.69) is 4.98 Å². The summed E-state index contributed by atoms with van der Waals surface area (Å²) >= 11 is 0.885. The minimum atomic E-state index is -0.547. The largest absolute Gasteiger partial charge is 0.296 e. The van der Waals surface area contributed by atoms with Gasteiger partial charge in [0, 0.05) is 4.88 Å². The van der Waals surface area contributed by atoms with Gasteiger partial charge in [-0.3, -0.25) is 4.79 Å². The van der Waals surface area contributed by atoms with Gasteiger partial charge in [-0.2, -0.15) is 4.39 Å². The molecule has 48 valence electrons. The zero-order chi connectivity index (χ0) is 6.85. The van der Waals surface area contributed by atoms with Crippen LogP contribution in [0.5, 0.6) is 0 Å². The molecule has 0 aliphatic heterocycles. The Hall–Kier alpha value is -0.770. The van der Waals surface area contributed by atoms with Crippen molar-refractivity contribution in [2.75, 3.05) is 0 Å². The summed E-state index contributed by atoms with van der Waals surface area (Å²) in [6.45, 7) is 1.66. The van der Waals surface area contributed by atoms with Crippen LogP contribution in [-0.4, -0.2) is 11.3 Å². The molecule has 0 radical (unpaired) electrons. The fourth-order valence-corrected chi connectivity index (χ4v) is 1.08. The molecule has 0 amide bonds. The van der Waals surface area contributed by atoms with Gasteiger partial charge in [0.15, 0.2) is 6.29 Å². The highest BCUT2D eigenvalue weighted by atomic mass is 32.1. The number of thiazole rings is 1. The number of carbonyl (C=O) groups is 1. The fourth-order valence-electron chi connectivity index (χ4n) is 0.484. The van der Waals surface area contributed by atoms with Crippen LogP contribution in [0.3, 0.4) is 0 Å². The van der Waals surface area contributed by atoms with Crippen molar-refractivity contribution in [3.63, 3.8) is 0 Å². The van der Waals surface area contributed by atoms with Crippen LogP contribution >= 0.6 is 11.3 Å². The van der Waals surface area contributed by atoms with Gasteiger partial charge in [0.2, 0.25) is 0 Å². The predicted molar refractivity (Wildman–Crippen MR) is 32.2 cm³/mol. The summed E-state index contributed by atoms with van der Waals surface area (Å²) < 4.78 is 12.1. The van der Waals surface area contributed by atoms with Gasteiger partial charge < -0.3 is 0 Å². The SMILES string of the molecule is Cc1sc(F)nc1C=O. The van der Waals surface area contributed by atoms with Gasteiger partial charge in [-0.05, 0) is 6.92 Å². The van der Waals surface area contributed by atoms with Gasteiger partial charge in [-0.1, -0.05) is 11.3 Å². The summed E-state index contributed by atoms with van der Waals surface area (Å²) in [5.41, 5.74) is 0.206. The molecular weight excluding hydrogens is 141 g/mol. The molecule has 0 fully saturated rings. The van der Waals surface area contributed by atoms with Crippen molar-refractivity contribution in [2.45, 2.75) is 6.92 Å². The lowest BCUT2D eigenvalue weighted by molar-refractivity contribution is 0.111. The van der Waals surface area contributed by atoms with Gasteiger partial charge >= 0.3 is 0 Å². The highest BCUT2D eigenvalue weighted by Crippen LogP contribution is 2.13. The van der Waals surface area contributed by atoms with Crippen molar-refractivity contribution in [1.29, 1.82) is 0 Å². The fraction of sp³-hybridized carbons (Fsp3) is 0.200. The Morgan fingerprint density at radius 2 is 2.44 bits per heavy atom. The monoisotopic (exact) mass is 145 g/mol. The van der Waals surface area contributed by atoms with Crippen molar-refractivity contribution in [1.82, 2.24) is 4.98 Å². The first-order valence-corrected chi connectivity index (χ1v) is 3.14. The number of hydrogen-bond donors (Lipinski definition) is 0. The summed E-state index contributed by atoms with van der Waals surface area (Å²) in [7, 11) is 0. The maximum Gasteiger partial charge on any atom is 0.269 e. The molecule has 0 aliphatic rings. The molecule has 1 aromatic heterocycles. The molecule has 0 bridgehead atoms. The van der Waals surface area contributed by atoms with Gasteiger partial charge in [0.1, 0.15) is 5.69 Å². The number of aryl methyl sites for hydroxylation is 1. The highest BCUT2D eigenvalue weighted by Gasteiger charge is 2.03. The molecule has 1 aromatic rings. The number of aromatic nitrogens is 1. The molecule has 0 aliphatic carbocycles. The lowest BCUT2D eigenvalue weighted by atomic mass is 10.4. The Morgan fingerprint density at radius 1 is 1.78 bits per heavy atom. The van der Waals surface area contributed by atoms with E-state index in [0.717, 1.165) is 11.3 Å². The minimum absolute atomic E-state index is 0.206. The third-order valence-corrected chi connectivity index (χ3v) is 1.69. The average Bonchev–Trinajstić information content (AvgIpc) is 2.10. The van der Waals surface area contributed by atoms with Crippen LogP contribution in [0.25, 0.3) is 0 Å². The van der Waals surface area contributed by atoms with E-state index in [1.54, 1.807) is 6.92 Å². The summed E-state index contributed by atoms with van der Waals surface area (Å²) in [6, 6.07) is 0. The second-order valence-electron chi connectivity index (χ2n) is 1.53. The number of nitrogens with zero attached hydrogens (tertiary/aromatic N) is 1. The van der Waals surface area contributed by atoms with Crippen LogP contribution in [0.15, 0.2) is 0 Å². The summed E-state index contributed by atoms with van der Waals surface area (Å²) in [5.74, 6) is 0. The molecule has 1 rings (SSSR count). The Kier molecular flexibility index (Phi) is 1.57. The van der Waals surface area contributed by atoms with Crippen molar-refractivity contribution in [3.05, 3.63) is 15.8 Å². The van der Waals surface area contributed by atoms with Crippen LogP contribution in [0.2, 0.25) is 0 Å². The number of hydrogen-bond acceptors (Lipinski definition) is 3. The molecule has 2 nitrogen and oxygen atoms in total. The smallest absolute Gasteiger partial charge is 0.269 e. The quantitative estimate of drug-likeness (QED) is 0.559. The minimum Gasteiger partial charge on any atom is -0.296 e. The average molecular weight is 145 g/mol. The maximum atomic E-state index is 12.1. The molecule has 0 atom stereocenters. The number of carbonyl (C=O) groups excluding carboxylic acids is 1. The van der Waals surface area contributed by atoms with Crippen LogP contribution < -0.4 is 0 Å². The van der Waals surface area contributed by atoms with E-state index >= 15 is 0 Å². The van der Waals surface area contributed by atoms with Crippen molar-refractivity contribution in [2.24, 2.45) is 0 Å². The van der Waals surface area contributed by atoms with Crippen LogP contribution in [-0.2, 0) is 0 Å². The predicted octanol–water partition coefficient (Wildman–Crippen LogP) is 1.40. The van der Waals surface area contributed by atoms with E-state index in [0.29, 0.717) is 11.2 Å². The van der Waals surface area contributed by atoms with Crippen LogP contribution in [0, 0.1) is 12.2 Å². The molecular formula is C5H4FNOS. The molecule has 0 N–H and O–H groups in total. The lowest BCUT2D eigenvalue weighted by Crippen LogP contribution is -1.80. The molecule has 0 aromatic carbocycles. The zero-order valence-electron chi connectivity index (χ0n) is 4.72. The molecule has 0 spiro atoms. The van der Waals surface area contributed by atoms with Crippen molar-refractivity contribution < 1.29 is 9.18 Å². The van der Waals surface area contributed by atoms with E-state index in [-0.39, 0.29) is 5.69 Å². The second kappa shape index (κ2) is 2.23. The normalized spacial score (nSPS) is 9.56. The molecule has 0 saturated carbocycles. The first-order valence-electron chi connectivity index (χ1n) is 2.32. The van der Waals surface area contributed by atoms with Gasteiger partial charge in [0.05, 0.1) is 0 Å². The van der Waals surface area contributed by atoms with E-state index in [1.807, 2.05) is 0 Å². The summed E-state index contributed by atoms with van der Waals surface area (Å²) in [4.78, 5) is 14.0. The van der Waals surface area contributed by atoms with Crippen molar-refractivity contribution >= 4 is 17.6 Å². The number of aldehydes is 1. The first-order chi connectivity index (χ1) is 4.24. The zero-order valence-corrected chi connectivity index (χ0v) is 5.54. The van der Waals surface area contributed by atoms with Gasteiger partial charge in [-0.15, -0.1) is 0 Å². The Balaban J connectivity index is 3.15. The molecule has 9 heavy (non-hydrogen) atoms. The summed E-state index contributed by atoms with van der Waals surface area (Å²) in [5, 5.41) is -0.547. The van der Waals surface area contributed by atoms with E-state index in [4.69, 9.17) is 0 Å². The Bertz CT molecular complexity index is 233. The number of rotatable bonds is 1.